The number of hydrogen-bond donors (Lipinski definition) is 1. The van der Waals surface area contributed by atoms with Gasteiger partial charge in [-0.05, 0) is 18.9 Å². The number of hydrogen-bond acceptors (Lipinski definition) is 3. The van der Waals surface area contributed by atoms with E-state index in [-0.39, 0.29) is 12.4 Å². The van der Waals surface area contributed by atoms with Crippen molar-refractivity contribution in [3.05, 3.63) is 22.4 Å². The average Bonchev–Trinajstić information content (AvgIpc) is 2.74. The van der Waals surface area contributed by atoms with E-state index in [1.807, 2.05) is 11.6 Å². The van der Waals surface area contributed by atoms with Gasteiger partial charge in [-0.3, -0.25) is 4.40 Å². The molecule has 2 aromatic rings. The van der Waals surface area contributed by atoms with E-state index in [0.717, 1.165) is 29.7 Å². The first-order chi connectivity index (χ1) is 7.68. The summed E-state index contributed by atoms with van der Waals surface area (Å²) in [5.74, 6) is 0.731. The zero-order chi connectivity index (χ0) is 11.5. The lowest BCUT2D eigenvalue weighted by Gasteiger charge is -2.06. The van der Waals surface area contributed by atoms with Crippen molar-refractivity contribution in [2.45, 2.75) is 26.8 Å². The van der Waals surface area contributed by atoms with E-state index in [1.165, 1.54) is 6.42 Å². The van der Waals surface area contributed by atoms with Gasteiger partial charge < -0.3 is 5.32 Å². The van der Waals surface area contributed by atoms with Crippen molar-refractivity contribution in [1.29, 1.82) is 0 Å². The molecule has 96 valence electrons. The van der Waals surface area contributed by atoms with Crippen molar-refractivity contribution in [3.63, 3.8) is 0 Å². The highest BCUT2D eigenvalue weighted by molar-refractivity contribution is 7.15. The number of imidazole rings is 1. The number of nitrogens with zero attached hydrogens (tertiary/aromatic N) is 2. The maximum Gasteiger partial charge on any atom is 0.195 e. The van der Waals surface area contributed by atoms with Gasteiger partial charge in [0.2, 0.25) is 0 Å². The van der Waals surface area contributed by atoms with Crippen LogP contribution in [0.25, 0.3) is 4.96 Å². The molecule has 2 heterocycles. The van der Waals surface area contributed by atoms with Gasteiger partial charge in [-0.25, -0.2) is 4.98 Å². The Morgan fingerprint density at radius 1 is 1.53 bits per heavy atom. The molecule has 2 rings (SSSR count). The molecule has 0 bridgehead atoms. The Kier molecular flexibility index (Phi) is 5.73. The van der Waals surface area contributed by atoms with Crippen LogP contribution in [0.3, 0.4) is 0 Å². The van der Waals surface area contributed by atoms with Crippen LogP contribution in [-0.4, -0.2) is 15.9 Å². The molecule has 3 nitrogen and oxygen atoms in total. The van der Waals surface area contributed by atoms with Gasteiger partial charge in [-0.2, -0.15) is 0 Å². The third-order valence-electron chi connectivity index (χ3n) is 2.50. The zero-order valence-corrected chi connectivity index (χ0v) is 12.3. The Hall–Kier alpha value is -0.290. The topological polar surface area (TPSA) is 29.3 Å². The van der Waals surface area contributed by atoms with E-state index in [2.05, 4.69) is 28.5 Å². The van der Waals surface area contributed by atoms with E-state index in [0.29, 0.717) is 5.15 Å². The fourth-order valence-corrected chi connectivity index (χ4v) is 2.58. The summed E-state index contributed by atoms with van der Waals surface area (Å²) in [5.41, 5.74) is 1.06. The van der Waals surface area contributed by atoms with Crippen LogP contribution >= 0.6 is 35.3 Å². The van der Waals surface area contributed by atoms with Crippen LogP contribution in [0.2, 0.25) is 5.15 Å². The Morgan fingerprint density at radius 2 is 2.29 bits per heavy atom. The van der Waals surface area contributed by atoms with Crippen molar-refractivity contribution in [2.75, 3.05) is 6.54 Å². The van der Waals surface area contributed by atoms with Gasteiger partial charge in [0.25, 0.3) is 0 Å². The molecule has 0 aliphatic rings. The third-order valence-corrected chi connectivity index (χ3v) is 3.56. The molecule has 17 heavy (non-hydrogen) atoms. The van der Waals surface area contributed by atoms with Gasteiger partial charge in [-0.1, -0.05) is 25.4 Å². The van der Waals surface area contributed by atoms with Gasteiger partial charge in [0.05, 0.1) is 5.69 Å². The Bertz CT molecular complexity index is 464. The van der Waals surface area contributed by atoms with Gasteiger partial charge in [-0.15, -0.1) is 23.7 Å². The molecule has 0 fully saturated rings. The summed E-state index contributed by atoms with van der Waals surface area (Å²) in [6.45, 7) is 6.25. The van der Waals surface area contributed by atoms with Gasteiger partial charge in [0.1, 0.15) is 0 Å². The van der Waals surface area contributed by atoms with Crippen LogP contribution in [0, 0.1) is 5.92 Å². The largest absolute Gasteiger partial charge is 0.311 e. The summed E-state index contributed by atoms with van der Waals surface area (Å²) >= 11 is 7.69. The first kappa shape index (κ1) is 14.8. The molecule has 0 saturated carbocycles. The number of aromatic nitrogens is 2. The quantitative estimate of drug-likeness (QED) is 0.854. The molecule has 2 aromatic heterocycles. The standard InChI is InChI=1S/C11H16ClN3S.ClH/c1-8(2)3-4-13-7-9-10(12)14-11-15(9)5-6-16-11;/h5-6,8,13H,3-4,7H2,1-2H3;1H. The van der Waals surface area contributed by atoms with Crippen LogP contribution in [0.15, 0.2) is 11.6 Å². The van der Waals surface area contributed by atoms with Crippen LogP contribution < -0.4 is 5.32 Å². The Morgan fingerprint density at radius 3 is 3.00 bits per heavy atom. The van der Waals surface area contributed by atoms with Crippen molar-refractivity contribution in [3.8, 4) is 0 Å². The SMILES string of the molecule is CC(C)CCNCc1c(Cl)nc2sccn12.Cl. The first-order valence-corrected chi connectivity index (χ1v) is 6.75. The summed E-state index contributed by atoms with van der Waals surface area (Å²) in [6, 6.07) is 0. The van der Waals surface area contributed by atoms with Crippen molar-refractivity contribution >= 4 is 40.3 Å². The predicted molar refractivity (Wildman–Crippen MR) is 76.5 cm³/mol. The molecule has 0 spiro atoms. The molecule has 0 aliphatic carbocycles. The van der Waals surface area contributed by atoms with E-state index >= 15 is 0 Å². The van der Waals surface area contributed by atoms with Gasteiger partial charge >= 0.3 is 0 Å². The second-order valence-electron chi connectivity index (χ2n) is 4.26. The third kappa shape index (κ3) is 3.58. The Balaban J connectivity index is 0.00000144. The smallest absolute Gasteiger partial charge is 0.195 e. The minimum absolute atomic E-state index is 0. The van der Waals surface area contributed by atoms with Crippen molar-refractivity contribution in [1.82, 2.24) is 14.7 Å². The summed E-state index contributed by atoms with van der Waals surface area (Å²) < 4.78 is 2.05. The van der Waals surface area contributed by atoms with Crippen LogP contribution in [0.5, 0.6) is 0 Å². The maximum atomic E-state index is 6.09. The number of nitrogens with one attached hydrogen (secondary N) is 1. The molecule has 1 N–H and O–H groups in total. The van der Waals surface area contributed by atoms with Crippen LogP contribution in [0.1, 0.15) is 26.0 Å². The number of fused-ring (bicyclic) bond motifs is 1. The van der Waals surface area contributed by atoms with Crippen LogP contribution in [-0.2, 0) is 6.54 Å². The highest BCUT2D eigenvalue weighted by Crippen LogP contribution is 2.20. The lowest BCUT2D eigenvalue weighted by Crippen LogP contribution is -2.17. The van der Waals surface area contributed by atoms with E-state index < -0.39 is 0 Å². The van der Waals surface area contributed by atoms with Gasteiger partial charge in [0.15, 0.2) is 10.1 Å². The number of halogens is 2. The summed E-state index contributed by atoms with van der Waals surface area (Å²) in [6.07, 6.45) is 3.20. The normalized spacial score (nSPS) is 11.1. The second kappa shape index (κ2) is 6.59. The molecule has 0 atom stereocenters. The monoisotopic (exact) mass is 293 g/mol. The molecule has 0 amide bonds. The predicted octanol–water partition coefficient (Wildman–Crippen LogP) is 3.61. The first-order valence-electron chi connectivity index (χ1n) is 5.49. The lowest BCUT2D eigenvalue weighted by molar-refractivity contribution is 0.534. The molecule has 0 unspecified atom stereocenters. The lowest BCUT2D eigenvalue weighted by atomic mass is 10.1. The molecule has 0 aromatic carbocycles. The molecule has 0 aliphatic heterocycles. The van der Waals surface area contributed by atoms with Crippen molar-refractivity contribution < 1.29 is 0 Å². The van der Waals surface area contributed by atoms with E-state index in [4.69, 9.17) is 11.6 Å². The number of thiazole rings is 1. The molecular weight excluding hydrogens is 277 g/mol. The van der Waals surface area contributed by atoms with E-state index in [9.17, 15) is 0 Å². The summed E-state index contributed by atoms with van der Waals surface area (Å²) in [7, 11) is 0. The molecule has 0 saturated heterocycles. The number of rotatable bonds is 5. The Labute approximate surface area is 117 Å². The average molecular weight is 294 g/mol. The highest BCUT2D eigenvalue weighted by atomic mass is 35.5. The molecular formula is C11H17Cl2N3S. The summed E-state index contributed by atoms with van der Waals surface area (Å²) in [5, 5.41) is 6.04. The fraction of sp³-hybridized carbons (Fsp3) is 0.545. The second-order valence-corrected chi connectivity index (χ2v) is 5.50. The minimum atomic E-state index is 0. The minimum Gasteiger partial charge on any atom is -0.311 e. The fourth-order valence-electron chi connectivity index (χ4n) is 1.56. The molecule has 0 radical (unpaired) electrons. The highest BCUT2D eigenvalue weighted by Gasteiger charge is 2.10. The zero-order valence-electron chi connectivity index (χ0n) is 9.94. The molecule has 6 heteroatoms. The van der Waals surface area contributed by atoms with Crippen molar-refractivity contribution in [2.24, 2.45) is 5.92 Å². The van der Waals surface area contributed by atoms with Crippen LogP contribution in [0.4, 0.5) is 0 Å². The maximum absolute atomic E-state index is 6.09. The van der Waals surface area contributed by atoms with Gasteiger partial charge in [0, 0.05) is 18.1 Å². The summed E-state index contributed by atoms with van der Waals surface area (Å²) in [4.78, 5) is 5.26. The van der Waals surface area contributed by atoms with E-state index in [1.54, 1.807) is 11.3 Å².